The molecule has 1 aliphatic rings. The fourth-order valence-corrected chi connectivity index (χ4v) is 4.38. The van der Waals surface area contributed by atoms with Gasteiger partial charge in [-0.1, -0.05) is 0 Å². The summed E-state index contributed by atoms with van der Waals surface area (Å²) in [6.07, 6.45) is 4.69. The standard InChI is InChI=1S/C16H18N6O4S/c23-16(13-9-12(19-20-13)14-3-1-8-26-14)21-4-2-5-22(7-6-21)27(24,25)15-10-17-11-18-15/h1,3,8-11H,2,4-7H2,(H,17,18)(H,19,20). The van der Waals surface area contributed by atoms with Crippen LogP contribution in [0.4, 0.5) is 0 Å². The molecule has 0 bridgehead atoms. The zero-order valence-corrected chi connectivity index (χ0v) is 15.1. The van der Waals surface area contributed by atoms with Crippen LogP contribution in [0.15, 0.2) is 46.4 Å². The SMILES string of the molecule is O=C(c1cc(-c2ccco2)[nH]n1)N1CCCN(S(=O)(=O)c2cnc[nH]2)CC1. The zero-order valence-electron chi connectivity index (χ0n) is 14.3. The van der Waals surface area contributed by atoms with E-state index in [4.69, 9.17) is 4.42 Å². The van der Waals surface area contributed by atoms with E-state index in [1.165, 1.54) is 16.8 Å². The lowest BCUT2D eigenvalue weighted by Gasteiger charge is -2.20. The van der Waals surface area contributed by atoms with Crippen LogP contribution in [-0.2, 0) is 10.0 Å². The zero-order chi connectivity index (χ0) is 18.9. The maximum atomic E-state index is 12.7. The number of sulfonamides is 1. The predicted molar refractivity (Wildman–Crippen MR) is 94.2 cm³/mol. The van der Waals surface area contributed by atoms with Gasteiger partial charge in [0.1, 0.15) is 5.69 Å². The molecular weight excluding hydrogens is 372 g/mol. The fourth-order valence-electron chi connectivity index (χ4n) is 3.01. The van der Waals surface area contributed by atoms with Gasteiger partial charge in [-0.05, 0) is 18.6 Å². The van der Waals surface area contributed by atoms with Crippen LogP contribution in [0, 0.1) is 0 Å². The number of amides is 1. The van der Waals surface area contributed by atoms with Gasteiger partial charge in [-0.15, -0.1) is 0 Å². The van der Waals surface area contributed by atoms with Crippen molar-refractivity contribution in [2.45, 2.75) is 11.4 Å². The molecule has 0 aromatic carbocycles. The van der Waals surface area contributed by atoms with E-state index in [1.54, 1.807) is 29.4 Å². The molecule has 0 unspecified atom stereocenters. The van der Waals surface area contributed by atoms with Crippen molar-refractivity contribution < 1.29 is 17.6 Å². The van der Waals surface area contributed by atoms with E-state index in [2.05, 4.69) is 20.2 Å². The van der Waals surface area contributed by atoms with Crippen molar-refractivity contribution in [2.75, 3.05) is 26.2 Å². The highest BCUT2D eigenvalue weighted by molar-refractivity contribution is 7.89. The molecule has 0 spiro atoms. The Balaban J connectivity index is 1.46. The Bertz CT molecular complexity index is 1010. The first-order valence-electron chi connectivity index (χ1n) is 8.43. The van der Waals surface area contributed by atoms with Gasteiger partial charge in [-0.2, -0.15) is 9.40 Å². The lowest BCUT2D eigenvalue weighted by molar-refractivity contribution is 0.0758. The number of nitrogens with zero attached hydrogens (tertiary/aromatic N) is 4. The smallest absolute Gasteiger partial charge is 0.274 e. The van der Waals surface area contributed by atoms with E-state index in [0.717, 1.165) is 0 Å². The topological polar surface area (TPSA) is 128 Å². The van der Waals surface area contributed by atoms with E-state index in [9.17, 15) is 13.2 Å². The van der Waals surface area contributed by atoms with Gasteiger partial charge in [0.2, 0.25) is 0 Å². The summed E-state index contributed by atoms with van der Waals surface area (Å²) in [7, 11) is -3.64. The number of aromatic nitrogens is 4. The molecule has 4 rings (SSSR count). The molecule has 3 aromatic rings. The van der Waals surface area contributed by atoms with Crippen LogP contribution in [0.2, 0.25) is 0 Å². The predicted octanol–water partition coefficient (Wildman–Crippen LogP) is 0.930. The molecule has 3 aromatic heterocycles. The van der Waals surface area contributed by atoms with Crippen LogP contribution in [0.5, 0.6) is 0 Å². The molecule has 2 N–H and O–H groups in total. The number of carbonyl (C=O) groups is 1. The number of carbonyl (C=O) groups excluding carboxylic acids is 1. The monoisotopic (exact) mass is 390 g/mol. The summed E-state index contributed by atoms with van der Waals surface area (Å²) in [6, 6.07) is 5.15. The number of hydrogen-bond donors (Lipinski definition) is 2. The van der Waals surface area contributed by atoms with Crippen LogP contribution >= 0.6 is 0 Å². The Morgan fingerprint density at radius 3 is 2.85 bits per heavy atom. The summed E-state index contributed by atoms with van der Waals surface area (Å²) in [6.45, 7) is 1.29. The lowest BCUT2D eigenvalue weighted by Crippen LogP contribution is -2.37. The molecule has 1 saturated heterocycles. The maximum Gasteiger partial charge on any atom is 0.274 e. The van der Waals surface area contributed by atoms with Crippen LogP contribution in [0.25, 0.3) is 11.5 Å². The molecule has 10 nitrogen and oxygen atoms in total. The van der Waals surface area contributed by atoms with Crippen molar-refractivity contribution in [1.29, 1.82) is 0 Å². The third kappa shape index (κ3) is 3.38. The minimum atomic E-state index is -3.64. The first-order valence-corrected chi connectivity index (χ1v) is 9.87. The van der Waals surface area contributed by atoms with E-state index < -0.39 is 10.0 Å². The average Bonchev–Trinajstić information content (AvgIpc) is 3.40. The molecule has 11 heteroatoms. The van der Waals surface area contributed by atoms with Gasteiger partial charge < -0.3 is 14.3 Å². The summed E-state index contributed by atoms with van der Waals surface area (Å²) >= 11 is 0. The van der Waals surface area contributed by atoms with Gasteiger partial charge in [-0.25, -0.2) is 13.4 Å². The van der Waals surface area contributed by atoms with Crippen molar-refractivity contribution in [3.8, 4) is 11.5 Å². The molecule has 0 aliphatic carbocycles. The Labute approximate surface area is 155 Å². The van der Waals surface area contributed by atoms with Crippen LogP contribution < -0.4 is 0 Å². The Morgan fingerprint density at radius 2 is 2.11 bits per heavy atom. The molecule has 0 atom stereocenters. The van der Waals surface area contributed by atoms with E-state index in [0.29, 0.717) is 31.0 Å². The number of rotatable bonds is 4. The fraction of sp³-hybridized carbons (Fsp3) is 0.312. The van der Waals surface area contributed by atoms with Gasteiger partial charge in [-0.3, -0.25) is 9.89 Å². The quantitative estimate of drug-likeness (QED) is 0.682. The van der Waals surface area contributed by atoms with Crippen LogP contribution in [-0.4, -0.2) is 69.9 Å². The maximum absolute atomic E-state index is 12.7. The summed E-state index contributed by atoms with van der Waals surface area (Å²) in [4.78, 5) is 20.8. The second kappa shape index (κ2) is 7.00. The second-order valence-electron chi connectivity index (χ2n) is 6.11. The Hall–Kier alpha value is -2.92. The molecule has 0 radical (unpaired) electrons. The van der Waals surface area contributed by atoms with Gasteiger partial charge in [0, 0.05) is 32.2 Å². The minimum absolute atomic E-state index is 0.0534. The highest BCUT2D eigenvalue weighted by Crippen LogP contribution is 2.20. The minimum Gasteiger partial charge on any atom is -0.463 e. The Morgan fingerprint density at radius 1 is 1.22 bits per heavy atom. The molecule has 142 valence electrons. The summed E-state index contributed by atoms with van der Waals surface area (Å²) in [5.41, 5.74) is 0.882. The van der Waals surface area contributed by atoms with E-state index in [1.807, 2.05) is 0 Å². The number of furan rings is 1. The first kappa shape index (κ1) is 17.5. The molecular formula is C16H18N6O4S. The molecule has 1 fully saturated rings. The van der Waals surface area contributed by atoms with Crippen molar-refractivity contribution in [2.24, 2.45) is 0 Å². The molecule has 4 heterocycles. The van der Waals surface area contributed by atoms with Crippen molar-refractivity contribution in [3.05, 3.63) is 42.7 Å². The van der Waals surface area contributed by atoms with Crippen molar-refractivity contribution >= 4 is 15.9 Å². The number of H-pyrrole nitrogens is 2. The highest BCUT2D eigenvalue weighted by atomic mass is 32.2. The molecule has 0 saturated carbocycles. The average molecular weight is 390 g/mol. The number of nitrogens with one attached hydrogen (secondary N) is 2. The van der Waals surface area contributed by atoms with E-state index >= 15 is 0 Å². The first-order chi connectivity index (χ1) is 13.1. The van der Waals surface area contributed by atoms with E-state index in [-0.39, 0.29) is 29.7 Å². The molecule has 27 heavy (non-hydrogen) atoms. The van der Waals surface area contributed by atoms with Crippen LogP contribution in [0.1, 0.15) is 16.9 Å². The number of aromatic amines is 2. The number of hydrogen-bond acceptors (Lipinski definition) is 6. The third-order valence-corrected chi connectivity index (χ3v) is 6.24. The summed E-state index contributed by atoms with van der Waals surface area (Å²) in [5.74, 6) is 0.346. The Kier molecular flexibility index (Phi) is 4.54. The summed E-state index contributed by atoms with van der Waals surface area (Å²) < 4.78 is 31.9. The molecule has 1 amide bonds. The summed E-state index contributed by atoms with van der Waals surface area (Å²) in [5, 5.41) is 6.91. The van der Waals surface area contributed by atoms with Crippen LogP contribution in [0.3, 0.4) is 0 Å². The van der Waals surface area contributed by atoms with Gasteiger partial charge >= 0.3 is 0 Å². The number of imidazole rings is 1. The van der Waals surface area contributed by atoms with Crippen molar-refractivity contribution in [3.63, 3.8) is 0 Å². The lowest BCUT2D eigenvalue weighted by atomic mass is 10.2. The largest absolute Gasteiger partial charge is 0.463 e. The van der Waals surface area contributed by atoms with Gasteiger partial charge in [0.15, 0.2) is 16.5 Å². The second-order valence-corrected chi connectivity index (χ2v) is 8.02. The van der Waals surface area contributed by atoms with Crippen molar-refractivity contribution in [1.82, 2.24) is 29.4 Å². The van der Waals surface area contributed by atoms with Gasteiger partial charge in [0.05, 0.1) is 18.8 Å². The normalized spacial score (nSPS) is 16.4. The highest BCUT2D eigenvalue weighted by Gasteiger charge is 2.30. The molecule has 1 aliphatic heterocycles. The third-order valence-electron chi connectivity index (χ3n) is 4.42. The van der Waals surface area contributed by atoms with Gasteiger partial charge in [0.25, 0.3) is 15.9 Å².